The molecule has 0 heterocycles. The maximum atomic E-state index is 13.1. The molecule has 0 aliphatic carbocycles. The molecule has 0 saturated carbocycles. The van der Waals surface area contributed by atoms with Crippen molar-refractivity contribution >= 4 is 15.9 Å². The fraction of sp³-hybridized carbons (Fsp3) is 0.240. The van der Waals surface area contributed by atoms with Crippen LogP contribution in [0.15, 0.2) is 77.7 Å². The smallest absolute Gasteiger partial charge is 0.241 e. The zero-order valence-corrected chi connectivity index (χ0v) is 19.5. The van der Waals surface area contributed by atoms with Gasteiger partial charge in [-0.3, -0.25) is 4.79 Å². The first-order valence-electron chi connectivity index (χ1n) is 10.5. The third-order valence-corrected chi connectivity index (χ3v) is 6.63. The molecule has 0 aliphatic heterocycles. The van der Waals surface area contributed by atoms with Crippen molar-refractivity contribution in [1.29, 1.82) is 0 Å². The third kappa shape index (κ3) is 6.40. The molecule has 0 spiro atoms. The second-order valence-corrected chi connectivity index (χ2v) is 9.66. The number of rotatable bonds is 9. The zero-order chi connectivity index (χ0) is 24.0. The minimum atomic E-state index is -3.94. The third-order valence-electron chi connectivity index (χ3n) is 5.17. The number of sulfonamides is 1. The number of ether oxygens (including phenoxy) is 1. The minimum Gasteiger partial charge on any atom is -0.497 e. The summed E-state index contributed by atoms with van der Waals surface area (Å²) in [6.45, 7) is 3.79. The van der Waals surface area contributed by atoms with Gasteiger partial charge < -0.3 is 10.1 Å². The highest BCUT2D eigenvalue weighted by molar-refractivity contribution is 7.89. The summed E-state index contributed by atoms with van der Waals surface area (Å²) in [7, 11) is -2.38. The van der Waals surface area contributed by atoms with E-state index in [2.05, 4.69) is 10.0 Å². The van der Waals surface area contributed by atoms with Gasteiger partial charge in [0.15, 0.2) is 0 Å². The first-order chi connectivity index (χ1) is 15.7. The molecule has 1 atom stereocenters. The minimum absolute atomic E-state index is 0.0413. The molecule has 0 radical (unpaired) electrons. The molecule has 3 aromatic rings. The summed E-state index contributed by atoms with van der Waals surface area (Å²) >= 11 is 0. The number of benzene rings is 3. The van der Waals surface area contributed by atoms with Crippen molar-refractivity contribution in [3.05, 3.63) is 84.2 Å². The van der Waals surface area contributed by atoms with Gasteiger partial charge in [0, 0.05) is 6.54 Å². The number of carbonyl (C=O) groups excluding carboxylic acids is 1. The maximum Gasteiger partial charge on any atom is 0.241 e. The summed E-state index contributed by atoms with van der Waals surface area (Å²) in [4.78, 5) is 12.8. The predicted octanol–water partition coefficient (Wildman–Crippen LogP) is 4.12. The Hall–Kier alpha value is -3.23. The molecule has 0 saturated heterocycles. The van der Waals surface area contributed by atoms with E-state index in [9.17, 15) is 17.6 Å². The lowest BCUT2D eigenvalue weighted by molar-refractivity contribution is -0.123. The van der Waals surface area contributed by atoms with E-state index in [4.69, 9.17) is 4.74 Å². The Morgan fingerprint density at radius 2 is 1.58 bits per heavy atom. The van der Waals surface area contributed by atoms with Crippen LogP contribution in [0, 0.1) is 11.7 Å². The molecular weight excluding hydrogens is 443 g/mol. The highest BCUT2D eigenvalue weighted by Gasteiger charge is 2.28. The average Bonchev–Trinajstić information content (AvgIpc) is 2.81. The quantitative estimate of drug-likeness (QED) is 0.493. The van der Waals surface area contributed by atoms with Gasteiger partial charge in [0.1, 0.15) is 17.6 Å². The van der Waals surface area contributed by atoms with Gasteiger partial charge in [-0.25, -0.2) is 12.8 Å². The molecule has 1 unspecified atom stereocenters. The van der Waals surface area contributed by atoms with Crippen LogP contribution < -0.4 is 14.8 Å². The zero-order valence-electron chi connectivity index (χ0n) is 18.7. The Bertz CT molecular complexity index is 1190. The van der Waals surface area contributed by atoms with Crippen LogP contribution in [0.1, 0.15) is 19.4 Å². The van der Waals surface area contributed by atoms with Crippen LogP contribution in [0.3, 0.4) is 0 Å². The van der Waals surface area contributed by atoms with Crippen molar-refractivity contribution in [3.63, 3.8) is 0 Å². The number of methoxy groups -OCH3 is 1. The first-order valence-corrected chi connectivity index (χ1v) is 12.0. The highest BCUT2D eigenvalue weighted by Crippen LogP contribution is 2.22. The number of amides is 1. The molecule has 33 heavy (non-hydrogen) atoms. The number of halogens is 1. The van der Waals surface area contributed by atoms with Gasteiger partial charge in [0.05, 0.1) is 12.0 Å². The molecule has 2 N–H and O–H groups in total. The molecule has 0 aromatic heterocycles. The Balaban J connectivity index is 1.70. The van der Waals surface area contributed by atoms with E-state index in [1.165, 1.54) is 24.3 Å². The van der Waals surface area contributed by atoms with Crippen LogP contribution in [0.4, 0.5) is 4.39 Å². The Labute approximate surface area is 193 Å². The number of carbonyl (C=O) groups is 1. The van der Waals surface area contributed by atoms with Crippen LogP contribution in [0.2, 0.25) is 0 Å². The van der Waals surface area contributed by atoms with Crippen molar-refractivity contribution in [2.24, 2.45) is 5.92 Å². The van der Waals surface area contributed by atoms with Crippen LogP contribution in [0.5, 0.6) is 5.75 Å². The monoisotopic (exact) mass is 470 g/mol. The van der Waals surface area contributed by atoms with E-state index in [-0.39, 0.29) is 23.2 Å². The van der Waals surface area contributed by atoms with Gasteiger partial charge >= 0.3 is 0 Å². The number of hydrogen-bond acceptors (Lipinski definition) is 4. The molecule has 0 aliphatic rings. The van der Waals surface area contributed by atoms with E-state index in [1.807, 2.05) is 12.1 Å². The summed E-state index contributed by atoms with van der Waals surface area (Å²) in [5.74, 6) is -0.360. The molecule has 6 nitrogen and oxygen atoms in total. The van der Waals surface area contributed by atoms with Gasteiger partial charge in [-0.15, -0.1) is 0 Å². The summed E-state index contributed by atoms with van der Waals surface area (Å²) in [6.07, 6.45) is 0. The largest absolute Gasteiger partial charge is 0.497 e. The molecule has 3 aromatic carbocycles. The van der Waals surface area contributed by atoms with Crippen molar-refractivity contribution in [3.8, 4) is 16.9 Å². The Morgan fingerprint density at radius 1 is 0.970 bits per heavy atom. The molecule has 8 heteroatoms. The fourth-order valence-corrected chi connectivity index (χ4v) is 4.62. The van der Waals surface area contributed by atoms with Gasteiger partial charge in [0.25, 0.3) is 0 Å². The fourth-order valence-electron chi connectivity index (χ4n) is 3.28. The normalized spacial score (nSPS) is 12.4. The van der Waals surface area contributed by atoms with Crippen molar-refractivity contribution in [2.75, 3.05) is 7.11 Å². The van der Waals surface area contributed by atoms with E-state index in [1.54, 1.807) is 57.4 Å². The summed E-state index contributed by atoms with van der Waals surface area (Å²) in [5, 5.41) is 2.79. The van der Waals surface area contributed by atoms with E-state index in [0.717, 1.165) is 16.7 Å². The van der Waals surface area contributed by atoms with Gasteiger partial charge in [-0.05, 0) is 59.0 Å². The lowest BCUT2D eigenvalue weighted by atomic mass is 10.0. The molecule has 1 amide bonds. The Morgan fingerprint density at radius 3 is 2.15 bits per heavy atom. The second kappa shape index (κ2) is 10.6. The van der Waals surface area contributed by atoms with Gasteiger partial charge in [-0.2, -0.15) is 4.72 Å². The molecule has 174 valence electrons. The van der Waals surface area contributed by atoms with Crippen LogP contribution in [-0.2, 0) is 21.4 Å². The summed E-state index contributed by atoms with van der Waals surface area (Å²) in [5.41, 5.74) is 2.36. The van der Waals surface area contributed by atoms with Crippen molar-refractivity contribution in [2.45, 2.75) is 31.3 Å². The maximum absolute atomic E-state index is 13.1. The first kappa shape index (κ1) is 24.4. The number of hydrogen-bond donors (Lipinski definition) is 2. The molecular formula is C25H27FN2O4S. The lowest BCUT2D eigenvalue weighted by Crippen LogP contribution is -2.49. The van der Waals surface area contributed by atoms with Crippen LogP contribution in [0.25, 0.3) is 11.1 Å². The van der Waals surface area contributed by atoms with Crippen molar-refractivity contribution < 1.29 is 22.3 Å². The second-order valence-electron chi connectivity index (χ2n) is 7.94. The van der Waals surface area contributed by atoms with E-state index in [0.29, 0.717) is 5.75 Å². The van der Waals surface area contributed by atoms with Gasteiger partial charge in [0.2, 0.25) is 15.9 Å². The van der Waals surface area contributed by atoms with Crippen molar-refractivity contribution in [1.82, 2.24) is 10.0 Å². The van der Waals surface area contributed by atoms with E-state index >= 15 is 0 Å². The summed E-state index contributed by atoms with van der Waals surface area (Å²) < 4.78 is 46.7. The van der Waals surface area contributed by atoms with E-state index < -0.39 is 22.0 Å². The number of nitrogens with one attached hydrogen (secondary N) is 2. The predicted molar refractivity (Wildman–Crippen MR) is 126 cm³/mol. The van der Waals surface area contributed by atoms with Gasteiger partial charge in [-0.1, -0.05) is 50.2 Å². The molecule has 0 bridgehead atoms. The molecule has 0 fully saturated rings. The van der Waals surface area contributed by atoms with Crippen LogP contribution in [-0.4, -0.2) is 27.5 Å². The molecule has 3 rings (SSSR count). The lowest BCUT2D eigenvalue weighted by Gasteiger charge is -2.22. The SMILES string of the molecule is COc1cccc(CNC(=O)C(NS(=O)(=O)c2ccc(-c3ccc(F)cc3)cc2)C(C)C)c1. The highest BCUT2D eigenvalue weighted by atomic mass is 32.2. The van der Waals surface area contributed by atoms with Crippen LogP contribution >= 0.6 is 0 Å². The average molecular weight is 471 g/mol. The standard InChI is InChI=1S/C25H27FN2O4S/c1-17(2)24(25(29)27-16-18-5-4-6-22(15-18)32-3)28-33(30,31)23-13-9-20(10-14-23)19-7-11-21(26)12-8-19/h4-15,17,24,28H,16H2,1-3H3,(H,27,29). The Kier molecular flexibility index (Phi) is 7.84. The summed E-state index contributed by atoms with van der Waals surface area (Å²) in [6, 6.07) is 18.5. The topological polar surface area (TPSA) is 84.5 Å².